The SMILES string of the molecule is C=C(C)C[C@H](N)c1ccc(Cl)c(C)c1. The lowest BCUT2D eigenvalue weighted by Crippen LogP contribution is -2.10. The first kappa shape index (κ1) is 11.3. The van der Waals surface area contributed by atoms with E-state index in [2.05, 4.69) is 6.58 Å². The maximum atomic E-state index is 6.01. The molecule has 1 atom stereocenters. The predicted octanol–water partition coefficient (Wildman–Crippen LogP) is 3.61. The van der Waals surface area contributed by atoms with Crippen LogP contribution in [-0.2, 0) is 0 Å². The molecule has 1 aromatic rings. The van der Waals surface area contributed by atoms with E-state index in [1.165, 1.54) is 0 Å². The van der Waals surface area contributed by atoms with Gasteiger partial charge in [0.15, 0.2) is 0 Å². The van der Waals surface area contributed by atoms with E-state index in [4.69, 9.17) is 17.3 Å². The van der Waals surface area contributed by atoms with Crippen LogP contribution >= 0.6 is 11.6 Å². The smallest absolute Gasteiger partial charge is 0.0435 e. The van der Waals surface area contributed by atoms with Crippen molar-refractivity contribution in [3.05, 3.63) is 46.5 Å². The van der Waals surface area contributed by atoms with Crippen molar-refractivity contribution < 1.29 is 0 Å². The molecule has 0 bridgehead atoms. The lowest BCUT2D eigenvalue weighted by atomic mass is 10.00. The van der Waals surface area contributed by atoms with Crippen LogP contribution in [0, 0.1) is 6.92 Å². The highest BCUT2D eigenvalue weighted by Crippen LogP contribution is 2.22. The summed E-state index contributed by atoms with van der Waals surface area (Å²) in [5, 5.41) is 0.788. The van der Waals surface area contributed by atoms with E-state index in [1.807, 2.05) is 32.0 Å². The van der Waals surface area contributed by atoms with Crippen LogP contribution in [0.1, 0.15) is 30.5 Å². The maximum absolute atomic E-state index is 6.01. The Morgan fingerprint density at radius 2 is 2.21 bits per heavy atom. The fraction of sp³-hybridized carbons (Fsp3) is 0.333. The van der Waals surface area contributed by atoms with Crippen LogP contribution in [0.3, 0.4) is 0 Å². The van der Waals surface area contributed by atoms with E-state index in [9.17, 15) is 0 Å². The molecule has 0 saturated heterocycles. The van der Waals surface area contributed by atoms with E-state index in [-0.39, 0.29) is 6.04 Å². The molecule has 0 aliphatic carbocycles. The van der Waals surface area contributed by atoms with Crippen LogP contribution in [-0.4, -0.2) is 0 Å². The molecule has 2 heteroatoms. The molecule has 0 saturated carbocycles. The molecular formula is C12H16ClN. The summed E-state index contributed by atoms with van der Waals surface area (Å²) >= 11 is 5.93. The fourth-order valence-electron chi connectivity index (χ4n) is 1.39. The first-order chi connectivity index (χ1) is 6.50. The van der Waals surface area contributed by atoms with Gasteiger partial charge in [0.1, 0.15) is 0 Å². The van der Waals surface area contributed by atoms with Crippen molar-refractivity contribution >= 4 is 11.6 Å². The Morgan fingerprint density at radius 3 is 2.71 bits per heavy atom. The fourth-order valence-corrected chi connectivity index (χ4v) is 1.51. The molecule has 1 nitrogen and oxygen atoms in total. The highest BCUT2D eigenvalue weighted by Gasteiger charge is 2.07. The summed E-state index contributed by atoms with van der Waals surface area (Å²) in [6, 6.07) is 5.94. The molecule has 76 valence electrons. The second-order valence-corrected chi connectivity index (χ2v) is 4.18. The zero-order chi connectivity index (χ0) is 10.7. The second-order valence-electron chi connectivity index (χ2n) is 3.78. The largest absolute Gasteiger partial charge is 0.324 e. The van der Waals surface area contributed by atoms with E-state index >= 15 is 0 Å². The van der Waals surface area contributed by atoms with Gasteiger partial charge in [0, 0.05) is 11.1 Å². The van der Waals surface area contributed by atoms with Crippen LogP contribution in [0.25, 0.3) is 0 Å². The minimum Gasteiger partial charge on any atom is -0.324 e. The number of rotatable bonds is 3. The predicted molar refractivity (Wildman–Crippen MR) is 62.5 cm³/mol. The molecule has 0 aromatic heterocycles. The third-order valence-electron chi connectivity index (χ3n) is 2.18. The Labute approximate surface area is 90.6 Å². The summed E-state index contributed by atoms with van der Waals surface area (Å²) in [7, 11) is 0. The van der Waals surface area contributed by atoms with E-state index < -0.39 is 0 Å². The van der Waals surface area contributed by atoms with Crippen molar-refractivity contribution in [2.24, 2.45) is 5.73 Å². The Balaban J connectivity index is 2.85. The molecule has 1 rings (SSSR count). The van der Waals surface area contributed by atoms with Gasteiger partial charge in [-0.15, -0.1) is 6.58 Å². The molecule has 0 spiro atoms. The van der Waals surface area contributed by atoms with Crippen molar-refractivity contribution in [2.75, 3.05) is 0 Å². The summed E-state index contributed by atoms with van der Waals surface area (Å²) in [5.74, 6) is 0. The Bertz CT molecular complexity index is 344. The summed E-state index contributed by atoms with van der Waals surface area (Å²) in [6.07, 6.45) is 0.821. The van der Waals surface area contributed by atoms with Gasteiger partial charge in [0.05, 0.1) is 0 Å². The van der Waals surface area contributed by atoms with Gasteiger partial charge < -0.3 is 5.73 Å². The average Bonchev–Trinajstić information content (AvgIpc) is 2.08. The molecule has 0 aliphatic heterocycles. The van der Waals surface area contributed by atoms with Gasteiger partial charge in [0.25, 0.3) is 0 Å². The van der Waals surface area contributed by atoms with Gasteiger partial charge >= 0.3 is 0 Å². The first-order valence-corrected chi connectivity index (χ1v) is 5.04. The zero-order valence-electron chi connectivity index (χ0n) is 8.68. The average molecular weight is 210 g/mol. The van der Waals surface area contributed by atoms with Gasteiger partial charge in [-0.05, 0) is 37.5 Å². The van der Waals surface area contributed by atoms with E-state index in [0.29, 0.717) is 0 Å². The monoisotopic (exact) mass is 209 g/mol. The zero-order valence-corrected chi connectivity index (χ0v) is 9.43. The van der Waals surface area contributed by atoms with Gasteiger partial charge in [-0.1, -0.05) is 29.3 Å². The minimum absolute atomic E-state index is 0.0310. The second kappa shape index (κ2) is 4.63. The molecule has 14 heavy (non-hydrogen) atoms. The van der Waals surface area contributed by atoms with Crippen molar-refractivity contribution in [1.29, 1.82) is 0 Å². The highest BCUT2D eigenvalue weighted by molar-refractivity contribution is 6.31. The molecule has 1 aromatic carbocycles. The van der Waals surface area contributed by atoms with Gasteiger partial charge in [-0.2, -0.15) is 0 Å². The van der Waals surface area contributed by atoms with E-state index in [1.54, 1.807) is 0 Å². The summed E-state index contributed by atoms with van der Waals surface area (Å²) in [6.45, 7) is 7.83. The van der Waals surface area contributed by atoms with Crippen LogP contribution in [0.2, 0.25) is 5.02 Å². The topological polar surface area (TPSA) is 26.0 Å². The molecule has 2 N–H and O–H groups in total. The summed E-state index contributed by atoms with van der Waals surface area (Å²) in [5.41, 5.74) is 9.30. The number of aryl methyl sites for hydroxylation is 1. The number of hydrogen-bond acceptors (Lipinski definition) is 1. The molecule has 0 unspecified atom stereocenters. The molecule has 0 aliphatic rings. The third-order valence-corrected chi connectivity index (χ3v) is 2.60. The molecule has 0 heterocycles. The summed E-state index contributed by atoms with van der Waals surface area (Å²) in [4.78, 5) is 0. The van der Waals surface area contributed by atoms with Crippen molar-refractivity contribution in [3.8, 4) is 0 Å². The standard InChI is InChI=1S/C12H16ClN/c1-8(2)6-12(14)10-4-5-11(13)9(3)7-10/h4-5,7,12H,1,6,14H2,2-3H3/t12-/m0/s1. The van der Waals surface area contributed by atoms with Crippen molar-refractivity contribution in [1.82, 2.24) is 0 Å². The first-order valence-electron chi connectivity index (χ1n) is 4.66. The number of benzene rings is 1. The quantitative estimate of drug-likeness (QED) is 0.757. The minimum atomic E-state index is 0.0310. The third kappa shape index (κ3) is 2.86. The van der Waals surface area contributed by atoms with Crippen LogP contribution in [0.4, 0.5) is 0 Å². The number of hydrogen-bond donors (Lipinski definition) is 1. The van der Waals surface area contributed by atoms with Gasteiger partial charge in [0.2, 0.25) is 0 Å². The Morgan fingerprint density at radius 1 is 1.57 bits per heavy atom. The lowest BCUT2D eigenvalue weighted by molar-refractivity contribution is 0.716. The molecule has 0 fully saturated rings. The maximum Gasteiger partial charge on any atom is 0.0435 e. The van der Waals surface area contributed by atoms with Crippen LogP contribution < -0.4 is 5.73 Å². The molecule has 0 amide bonds. The van der Waals surface area contributed by atoms with Crippen molar-refractivity contribution in [2.45, 2.75) is 26.3 Å². The molecular weight excluding hydrogens is 194 g/mol. The Hall–Kier alpha value is -0.790. The highest BCUT2D eigenvalue weighted by atomic mass is 35.5. The van der Waals surface area contributed by atoms with Gasteiger partial charge in [-0.25, -0.2) is 0 Å². The van der Waals surface area contributed by atoms with E-state index in [0.717, 1.165) is 28.1 Å². The Kier molecular flexibility index (Phi) is 3.73. The number of nitrogens with two attached hydrogens (primary N) is 1. The molecule has 0 radical (unpaired) electrons. The van der Waals surface area contributed by atoms with Crippen molar-refractivity contribution in [3.63, 3.8) is 0 Å². The lowest BCUT2D eigenvalue weighted by Gasteiger charge is -2.12. The van der Waals surface area contributed by atoms with Gasteiger partial charge in [-0.3, -0.25) is 0 Å². The van der Waals surface area contributed by atoms with Crippen LogP contribution in [0.15, 0.2) is 30.4 Å². The summed E-state index contributed by atoms with van der Waals surface area (Å²) < 4.78 is 0. The normalized spacial score (nSPS) is 12.6. The van der Waals surface area contributed by atoms with Crippen LogP contribution in [0.5, 0.6) is 0 Å². The number of halogens is 1.